The molecule has 1 unspecified atom stereocenters. The van der Waals surface area contributed by atoms with Gasteiger partial charge in [-0.25, -0.2) is 0 Å². The summed E-state index contributed by atoms with van der Waals surface area (Å²) >= 11 is 1.72. The first-order chi connectivity index (χ1) is 8.85. The van der Waals surface area contributed by atoms with Gasteiger partial charge in [0.15, 0.2) is 0 Å². The lowest BCUT2D eigenvalue weighted by Gasteiger charge is -2.20. The minimum atomic E-state index is 0.355. The zero-order valence-corrected chi connectivity index (χ0v) is 11.7. The van der Waals surface area contributed by atoms with Crippen LogP contribution in [0.1, 0.15) is 35.9 Å². The Kier molecular flexibility index (Phi) is 4.84. The van der Waals surface area contributed by atoms with Gasteiger partial charge in [0, 0.05) is 35.9 Å². The third-order valence-corrected chi connectivity index (χ3v) is 3.84. The van der Waals surface area contributed by atoms with Gasteiger partial charge in [0.1, 0.15) is 0 Å². The van der Waals surface area contributed by atoms with E-state index in [-0.39, 0.29) is 0 Å². The SMILES string of the molecule is CCNC(Cc1cncs1)c1ccncc1CC. The van der Waals surface area contributed by atoms with Crippen molar-refractivity contribution in [3.63, 3.8) is 0 Å². The van der Waals surface area contributed by atoms with Crippen molar-refractivity contribution < 1.29 is 0 Å². The van der Waals surface area contributed by atoms with Crippen molar-refractivity contribution in [2.45, 2.75) is 32.7 Å². The number of pyridine rings is 1. The Morgan fingerprint density at radius 2 is 2.17 bits per heavy atom. The normalized spacial score (nSPS) is 12.6. The second-order valence-corrected chi connectivity index (χ2v) is 5.18. The Hall–Kier alpha value is -1.26. The predicted octanol–water partition coefficient (Wildman–Crippen LogP) is 2.99. The summed E-state index contributed by atoms with van der Waals surface area (Å²) in [5.41, 5.74) is 4.58. The van der Waals surface area contributed by atoms with Crippen LogP contribution in [-0.4, -0.2) is 16.5 Å². The summed E-state index contributed by atoms with van der Waals surface area (Å²) in [6.45, 7) is 5.29. The maximum atomic E-state index is 4.22. The molecule has 18 heavy (non-hydrogen) atoms. The van der Waals surface area contributed by atoms with Crippen molar-refractivity contribution in [1.29, 1.82) is 0 Å². The highest BCUT2D eigenvalue weighted by Crippen LogP contribution is 2.23. The fourth-order valence-electron chi connectivity index (χ4n) is 2.16. The minimum Gasteiger partial charge on any atom is -0.310 e. The fourth-order valence-corrected chi connectivity index (χ4v) is 2.80. The second-order valence-electron chi connectivity index (χ2n) is 4.21. The van der Waals surface area contributed by atoms with Crippen molar-refractivity contribution in [3.05, 3.63) is 46.2 Å². The van der Waals surface area contributed by atoms with Crippen LogP contribution in [0.25, 0.3) is 0 Å². The molecule has 0 aliphatic carbocycles. The third-order valence-electron chi connectivity index (χ3n) is 3.04. The molecule has 96 valence electrons. The molecular formula is C14H19N3S. The molecule has 0 amide bonds. The molecule has 0 aliphatic heterocycles. The molecule has 0 fully saturated rings. The molecular weight excluding hydrogens is 242 g/mol. The van der Waals surface area contributed by atoms with Gasteiger partial charge in [-0.3, -0.25) is 9.97 Å². The van der Waals surface area contributed by atoms with Crippen LogP contribution >= 0.6 is 11.3 Å². The number of aromatic nitrogens is 2. The Balaban J connectivity index is 2.23. The average molecular weight is 261 g/mol. The largest absolute Gasteiger partial charge is 0.310 e. The molecule has 0 aromatic carbocycles. The van der Waals surface area contributed by atoms with Crippen LogP contribution in [-0.2, 0) is 12.8 Å². The lowest BCUT2D eigenvalue weighted by atomic mass is 9.98. The summed E-state index contributed by atoms with van der Waals surface area (Å²) in [7, 11) is 0. The second kappa shape index (κ2) is 6.61. The predicted molar refractivity (Wildman–Crippen MR) is 75.9 cm³/mol. The van der Waals surface area contributed by atoms with Crippen molar-refractivity contribution in [3.8, 4) is 0 Å². The molecule has 0 saturated carbocycles. The first-order valence-electron chi connectivity index (χ1n) is 6.38. The zero-order valence-electron chi connectivity index (χ0n) is 10.9. The zero-order chi connectivity index (χ0) is 12.8. The summed E-state index contributed by atoms with van der Waals surface area (Å²) in [6, 6.07) is 2.49. The molecule has 2 rings (SSSR count). The van der Waals surface area contributed by atoms with E-state index >= 15 is 0 Å². The molecule has 0 aliphatic rings. The summed E-state index contributed by atoms with van der Waals surface area (Å²) in [4.78, 5) is 9.69. The van der Waals surface area contributed by atoms with E-state index in [1.807, 2.05) is 24.1 Å². The van der Waals surface area contributed by atoms with Crippen molar-refractivity contribution >= 4 is 11.3 Å². The van der Waals surface area contributed by atoms with Crippen molar-refractivity contribution in [2.75, 3.05) is 6.54 Å². The highest BCUT2D eigenvalue weighted by molar-refractivity contribution is 7.09. The first-order valence-corrected chi connectivity index (χ1v) is 7.26. The number of nitrogens with zero attached hydrogens (tertiary/aromatic N) is 2. The van der Waals surface area contributed by atoms with Gasteiger partial charge in [-0.15, -0.1) is 11.3 Å². The smallest absolute Gasteiger partial charge is 0.0794 e. The highest BCUT2D eigenvalue weighted by Gasteiger charge is 2.15. The minimum absolute atomic E-state index is 0.355. The molecule has 0 bridgehead atoms. The molecule has 2 aromatic rings. The van der Waals surface area contributed by atoms with E-state index in [9.17, 15) is 0 Å². The Morgan fingerprint density at radius 3 is 2.83 bits per heavy atom. The van der Waals surface area contributed by atoms with Gasteiger partial charge < -0.3 is 5.32 Å². The van der Waals surface area contributed by atoms with Gasteiger partial charge in [-0.1, -0.05) is 13.8 Å². The van der Waals surface area contributed by atoms with Gasteiger partial charge in [-0.05, 0) is 30.2 Å². The number of thiazole rings is 1. The summed E-state index contributed by atoms with van der Waals surface area (Å²) in [5.74, 6) is 0. The van der Waals surface area contributed by atoms with E-state index in [0.29, 0.717) is 6.04 Å². The van der Waals surface area contributed by atoms with E-state index in [1.54, 1.807) is 11.3 Å². The average Bonchev–Trinajstić information content (AvgIpc) is 2.91. The van der Waals surface area contributed by atoms with Crippen LogP contribution in [0.5, 0.6) is 0 Å². The molecule has 4 heteroatoms. The lowest BCUT2D eigenvalue weighted by Crippen LogP contribution is -2.23. The van der Waals surface area contributed by atoms with Gasteiger partial charge in [0.2, 0.25) is 0 Å². The summed E-state index contributed by atoms with van der Waals surface area (Å²) in [5, 5.41) is 3.56. The van der Waals surface area contributed by atoms with E-state index in [4.69, 9.17) is 0 Å². The van der Waals surface area contributed by atoms with Crippen LogP contribution in [0.2, 0.25) is 0 Å². The van der Waals surface area contributed by atoms with Crippen LogP contribution in [0.15, 0.2) is 30.2 Å². The summed E-state index contributed by atoms with van der Waals surface area (Å²) in [6.07, 6.45) is 7.84. The standard InChI is InChI=1S/C14H19N3S/c1-3-11-8-15-6-5-13(11)14(17-4-2)7-12-9-16-10-18-12/h5-6,8-10,14,17H,3-4,7H2,1-2H3. The van der Waals surface area contributed by atoms with Crippen molar-refractivity contribution in [1.82, 2.24) is 15.3 Å². The van der Waals surface area contributed by atoms with Gasteiger partial charge in [0.05, 0.1) is 5.51 Å². The van der Waals surface area contributed by atoms with Crippen LogP contribution in [0, 0.1) is 0 Å². The molecule has 3 nitrogen and oxygen atoms in total. The molecule has 0 spiro atoms. The van der Waals surface area contributed by atoms with Crippen LogP contribution < -0.4 is 5.32 Å². The maximum Gasteiger partial charge on any atom is 0.0794 e. The Morgan fingerprint density at radius 1 is 1.28 bits per heavy atom. The number of likely N-dealkylation sites (N-methyl/N-ethyl adjacent to an activating group) is 1. The highest BCUT2D eigenvalue weighted by atomic mass is 32.1. The van der Waals surface area contributed by atoms with Crippen LogP contribution in [0.3, 0.4) is 0 Å². The molecule has 2 heterocycles. The molecule has 1 N–H and O–H groups in total. The van der Waals surface area contributed by atoms with E-state index in [2.05, 4.69) is 35.2 Å². The van der Waals surface area contributed by atoms with E-state index in [1.165, 1.54) is 16.0 Å². The number of rotatable bonds is 6. The van der Waals surface area contributed by atoms with Gasteiger partial charge in [-0.2, -0.15) is 0 Å². The number of hydrogen-bond acceptors (Lipinski definition) is 4. The van der Waals surface area contributed by atoms with Gasteiger partial charge >= 0.3 is 0 Å². The third kappa shape index (κ3) is 3.15. The van der Waals surface area contributed by atoms with Crippen LogP contribution in [0.4, 0.5) is 0 Å². The Bertz CT molecular complexity index is 468. The first kappa shape index (κ1) is 13.2. The summed E-state index contributed by atoms with van der Waals surface area (Å²) < 4.78 is 0. The quantitative estimate of drug-likeness (QED) is 0.868. The number of nitrogens with one attached hydrogen (secondary N) is 1. The van der Waals surface area contributed by atoms with Gasteiger partial charge in [0.25, 0.3) is 0 Å². The molecule has 1 atom stereocenters. The van der Waals surface area contributed by atoms with Crippen molar-refractivity contribution in [2.24, 2.45) is 0 Å². The fraction of sp³-hybridized carbons (Fsp3) is 0.429. The Labute approximate surface area is 112 Å². The van der Waals surface area contributed by atoms with E-state index < -0.39 is 0 Å². The molecule has 2 aromatic heterocycles. The monoisotopic (exact) mass is 261 g/mol. The van der Waals surface area contributed by atoms with E-state index in [0.717, 1.165) is 19.4 Å². The number of aryl methyl sites for hydroxylation is 1. The maximum absolute atomic E-state index is 4.22. The number of hydrogen-bond donors (Lipinski definition) is 1. The lowest BCUT2D eigenvalue weighted by molar-refractivity contribution is 0.548. The topological polar surface area (TPSA) is 37.8 Å². The molecule has 0 saturated heterocycles. The molecule has 0 radical (unpaired) electrons.